The van der Waals surface area contributed by atoms with E-state index < -0.39 is 0 Å². The van der Waals surface area contributed by atoms with Crippen molar-refractivity contribution >= 4 is 23.4 Å². The third-order valence-electron chi connectivity index (χ3n) is 1.88. The fourth-order valence-corrected chi connectivity index (χ4v) is 1.72. The molecule has 17 heavy (non-hydrogen) atoms. The Labute approximate surface area is 101 Å². The molecular formula is C10H10N4O2S. The molecule has 0 fully saturated rings. The zero-order valence-corrected chi connectivity index (χ0v) is 9.57. The first-order chi connectivity index (χ1) is 8.24. The van der Waals surface area contributed by atoms with Gasteiger partial charge in [0.15, 0.2) is 5.16 Å². The lowest BCUT2D eigenvalue weighted by atomic mass is 10.3. The van der Waals surface area contributed by atoms with Crippen LogP contribution in [0.5, 0.6) is 5.75 Å². The molecule has 0 aliphatic heterocycles. The average molecular weight is 250 g/mol. The molecule has 0 bridgehead atoms. The van der Waals surface area contributed by atoms with Crippen molar-refractivity contribution in [2.75, 3.05) is 11.1 Å². The fraction of sp³-hybridized carbons (Fsp3) is 0.100. The summed E-state index contributed by atoms with van der Waals surface area (Å²) in [7, 11) is 0. The van der Waals surface area contributed by atoms with Crippen molar-refractivity contribution in [1.29, 1.82) is 0 Å². The quantitative estimate of drug-likeness (QED) is 0.561. The van der Waals surface area contributed by atoms with Gasteiger partial charge in [-0.2, -0.15) is 5.10 Å². The van der Waals surface area contributed by atoms with E-state index in [1.165, 1.54) is 30.2 Å². The second kappa shape index (κ2) is 5.35. The zero-order valence-electron chi connectivity index (χ0n) is 8.75. The minimum Gasteiger partial charge on any atom is -0.508 e. The normalized spacial score (nSPS) is 10.1. The van der Waals surface area contributed by atoms with Gasteiger partial charge in [0, 0.05) is 5.69 Å². The highest BCUT2D eigenvalue weighted by atomic mass is 32.2. The number of aromatic amines is 1. The van der Waals surface area contributed by atoms with E-state index in [9.17, 15) is 4.79 Å². The molecule has 2 aromatic rings. The number of aromatic nitrogens is 3. The number of anilines is 1. The van der Waals surface area contributed by atoms with E-state index in [1.807, 2.05) is 0 Å². The summed E-state index contributed by atoms with van der Waals surface area (Å²) in [5, 5.41) is 18.7. The summed E-state index contributed by atoms with van der Waals surface area (Å²) in [6, 6.07) is 6.29. The molecule has 6 nitrogen and oxygen atoms in total. The van der Waals surface area contributed by atoms with Gasteiger partial charge in [0.1, 0.15) is 12.1 Å². The standard InChI is InChI=1S/C10H10N4O2S/c15-8-3-1-7(2-4-8)13-9(16)5-17-10-11-6-12-14-10/h1-4,6,15H,5H2,(H,13,16)(H,11,12,14). The van der Waals surface area contributed by atoms with Crippen molar-refractivity contribution in [3.05, 3.63) is 30.6 Å². The monoisotopic (exact) mass is 250 g/mol. The molecule has 0 saturated carbocycles. The predicted molar refractivity (Wildman–Crippen MR) is 63.8 cm³/mol. The van der Waals surface area contributed by atoms with Gasteiger partial charge in [-0.1, -0.05) is 11.8 Å². The molecule has 2 rings (SSSR count). The summed E-state index contributed by atoms with van der Waals surface area (Å²) in [4.78, 5) is 15.4. The van der Waals surface area contributed by atoms with Gasteiger partial charge < -0.3 is 10.4 Å². The van der Waals surface area contributed by atoms with Gasteiger partial charge in [0.25, 0.3) is 0 Å². The van der Waals surface area contributed by atoms with E-state index in [4.69, 9.17) is 5.11 Å². The van der Waals surface area contributed by atoms with Crippen molar-refractivity contribution in [3.63, 3.8) is 0 Å². The number of H-pyrrole nitrogens is 1. The number of aromatic hydroxyl groups is 1. The smallest absolute Gasteiger partial charge is 0.234 e. The van der Waals surface area contributed by atoms with Crippen LogP contribution in [0, 0.1) is 0 Å². The van der Waals surface area contributed by atoms with Crippen molar-refractivity contribution in [3.8, 4) is 5.75 Å². The largest absolute Gasteiger partial charge is 0.508 e. The van der Waals surface area contributed by atoms with Crippen LogP contribution in [0.2, 0.25) is 0 Å². The lowest BCUT2D eigenvalue weighted by molar-refractivity contribution is -0.113. The van der Waals surface area contributed by atoms with Crippen molar-refractivity contribution in [2.45, 2.75) is 5.16 Å². The first-order valence-electron chi connectivity index (χ1n) is 4.81. The molecule has 0 unspecified atom stereocenters. The summed E-state index contributed by atoms with van der Waals surface area (Å²) >= 11 is 1.27. The van der Waals surface area contributed by atoms with E-state index in [2.05, 4.69) is 20.5 Å². The number of nitrogens with zero attached hydrogens (tertiary/aromatic N) is 2. The van der Waals surface area contributed by atoms with Crippen LogP contribution in [-0.2, 0) is 4.79 Å². The summed E-state index contributed by atoms with van der Waals surface area (Å²) in [6.07, 6.45) is 1.39. The Morgan fingerprint density at radius 2 is 2.18 bits per heavy atom. The maximum atomic E-state index is 11.5. The van der Waals surface area contributed by atoms with Crippen LogP contribution in [0.15, 0.2) is 35.7 Å². The Hall–Kier alpha value is -2.02. The molecule has 1 heterocycles. The van der Waals surface area contributed by atoms with Crippen LogP contribution in [0.1, 0.15) is 0 Å². The van der Waals surface area contributed by atoms with Crippen LogP contribution in [0.3, 0.4) is 0 Å². The highest BCUT2D eigenvalue weighted by molar-refractivity contribution is 7.99. The van der Waals surface area contributed by atoms with Gasteiger partial charge in [-0.3, -0.25) is 9.89 Å². The molecule has 0 aliphatic rings. The zero-order chi connectivity index (χ0) is 12.1. The molecule has 0 radical (unpaired) electrons. The highest BCUT2D eigenvalue weighted by Gasteiger charge is 2.05. The number of amides is 1. The van der Waals surface area contributed by atoms with E-state index in [0.29, 0.717) is 10.8 Å². The second-order valence-electron chi connectivity index (χ2n) is 3.17. The Balaban J connectivity index is 1.83. The number of hydrogen-bond acceptors (Lipinski definition) is 5. The van der Waals surface area contributed by atoms with Crippen LogP contribution >= 0.6 is 11.8 Å². The van der Waals surface area contributed by atoms with Crippen molar-refractivity contribution in [1.82, 2.24) is 15.2 Å². The number of nitrogens with one attached hydrogen (secondary N) is 2. The minimum absolute atomic E-state index is 0.142. The number of phenolic OH excluding ortho intramolecular Hbond substituents is 1. The Morgan fingerprint density at radius 1 is 1.41 bits per heavy atom. The molecular weight excluding hydrogens is 240 g/mol. The summed E-state index contributed by atoms with van der Waals surface area (Å²) in [5.74, 6) is 0.270. The number of rotatable bonds is 4. The lowest BCUT2D eigenvalue weighted by Gasteiger charge is -2.03. The molecule has 0 saturated heterocycles. The van der Waals surface area contributed by atoms with Gasteiger partial charge in [-0.25, -0.2) is 4.98 Å². The van der Waals surface area contributed by atoms with Crippen molar-refractivity contribution in [2.24, 2.45) is 0 Å². The Bertz CT molecular complexity index is 484. The maximum Gasteiger partial charge on any atom is 0.234 e. The topological polar surface area (TPSA) is 90.9 Å². The van der Waals surface area contributed by atoms with Gasteiger partial charge in [-0.15, -0.1) is 0 Å². The van der Waals surface area contributed by atoms with Crippen LogP contribution in [-0.4, -0.2) is 31.9 Å². The average Bonchev–Trinajstić information content (AvgIpc) is 2.83. The number of hydrogen-bond donors (Lipinski definition) is 3. The van der Waals surface area contributed by atoms with Gasteiger partial charge in [-0.05, 0) is 24.3 Å². The molecule has 1 amide bonds. The summed E-state index contributed by atoms with van der Waals surface area (Å²) in [5.41, 5.74) is 0.644. The number of carbonyl (C=O) groups excluding carboxylic acids is 1. The first kappa shape index (κ1) is 11.5. The molecule has 0 spiro atoms. The highest BCUT2D eigenvalue weighted by Crippen LogP contribution is 2.15. The molecule has 88 valence electrons. The minimum atomic E-state index is -0.142. The molecule has 0 atom stereocenters. The van der Waals surface area contributed by atoms with E-state index in [1.54, 1.807) is 12.1 Å². The predicted octanol–water partition coefficient (Wildman–Crippen LogP) is 1.24. The molecule has 0 aliphatic carbocycles. The number of benzene rings is 1. The van der Waals surface area contributed by atoms with E-state index in [-0.39, 0.29) is 17.4 Å². The summed E-state index contributed by atoms with van der Waals surface area (Å²) in [6.45, 7) is 0. The van der Waals surface area contributed by atoms with Gasteiger partial charge >= 0.3 is 0 Å². The van der Waals surface area contributed by atoms with Crippen molar-refractivity contribution < 1.29 is 9.90 Å². The molecule has 3 N–H and O–H groups in total. The Morgan fingerprint density at radius 3 is 2.82 bits per heavy atom. The molecule has 1 aromatic heterocycles. The number of carbonyl (C=O) groups is 1. The maximum absolute atomic E-state index is 11.5. The summed E-state index contributed by atoms with van der Waals surface area (Å²) < 4.78 is 0. The fourth-order valence-electron chi connectivity index (χ4n) is 1.14. The van der Waals surface area contributed by atoms with Crippen LogP contribution in [0.25, 0.3) is 0 Å². The van der Waals surface area contributed by atoms with Crippen LogP contribution < -0.4 is 5.32 Å². The van der Waals surface area contributed by atoms with Gasteiger partial charge in [0.05, 0.1) is 5.75 Å². The van der Waals surface area contributed by atoms with E-state index >= 15 is 0 Å². The SMILES string of the molecule is O=C(CSc1ncn[nH]1)Nc1ccc(O)cc1. The lowest BCUT2D eigenvalue weighted by Crippen LogP contribution is -2.13. The molecule has 1 aromatic carbocycles. The molecule has 7 heteroatoms. The Kier molecular flexibility index (Phi) is 3.61. The van der Waals surface area contributed by atoms with Gasteiger partial charge in [0.2, 0.25) is 5.91 Å². The first-order valence-corrected chi connectivity index (χ1v) is 5.79. The number of thioether (sulfide) groups is 1. The second-order valence-corrected chi connectivity index (χ2v) is 4.14. The van der Waals surface area contributed by atoms with Crippen LogP contribution in [0.4, 0.5) is 5.69 Å². The van der Waals surface area contributed by atoms with E-state index in [0.717, 1.165) is 0 Å². The third kappa shape index (κ3) is 3.49. The third-order valence-corrected chi connectivity index (χ3v) is 2.76. The number of phenols is 1.